The van der Waals surface area contributed by atoms with Gasteiger partial charge in [0.1, 0.15) is 5.82 Å². The maximum Gasteiger partial charge on any atom is 0.254 e. The first-order valence-corrected chi connectivity index (χ1v) is 7.85. The molecule has 0 radical (unpaired) electrons. The largest absolute Gasteiger partial charge is 0.350 e. The van der Waals surface area contributed by atoms with Gasteiger partial charge in [-0.25, -0.2) is 12.8 Å². The van der Waals surface area contributed by atoms with Crippen molar-refractivity contribution in [3.63, 3.8) is 0 Å². The predicted molar refractivity (Wildman–Crippen MR) is 74.9 cm³/mol. The highest BCUT2D eigenvalue weighted by atomic mass is 32.2. The lowest BCUT2D eigenvalue weighted by molar-refractivity contribution is 0.0946. The number of hydrogen-bond acceptors (Lipinski definition) is 4. The van der Waals surface area contributed by atoms with E-state index in [9.17, 15) is 17.6 Å². The Kier molecular flexibility index (Phi) is 4.63. The van der Waals surface area contributed by atoms with Gasteiger partial charge in [0.25, 0.3) is 5.91 Å². The van der Waals surface area contributed by atoms with Crippen LogP contribution in [-0.2, 0) is 9.84 Å². The van der Waals surface area contributed by atoms with Crippen LogP contribution in [-0.4, -0.2) is 31.9 Å². The minimum atomic E-state index is -3.32. The first-order valence-electron chi connectivity index (χ1n) is 5.51. The fourth-order valence-corrected chi connectivity index (χ4v) is 1.74. The summed E-state index contributed by atoms with van der Waals surface area (Å²) in [6.07, 6.45) is 1.09. The van der Waals surface area contributed by atoms with Gasteiger partial charge < -0.3 is 5.32 Å². The summed E-state index contributed by atoms with van der Waals surface area (Å²) < 4.78 is 35.3. The van der Waals surface area contributed by atoms with Crippen LogP contribution in [0.2, 0.25) is 0 Å². The van der Waals surface area contributed by atoms with E-state index in [4.69, 9.17) is 0 Å². The van der Waals surface area contributed by atoms with Crippen molar-refractivity contribution in [2.45, 2.75) is 23.5 Å². The maximum atomic E-state index is 13.5. The fourth-order valence-electron chi connectivity index (χ4n) is 1.21. The van der Waals surface area contributed by atoms with Crippen molar-refractivity contribution < 1.29 is 17.6 Å². The molecule has 0 aliphatic rings. The second-order valence-electron chi connectivity index (χ2n) is 4.88. The molecular formula is C12H16FNO3S2. The summed E-state index contributed by atoms with van der Waals surface area (Å²) in [6.45, 7) is 2.89. The smallest absolute Gasteiger partial charge is 0.254 e. The van der Waals surface area contributed by atoms with Gasteiger partial charge >= 0.3 is 0 Å². The van der Waals surface area contributed by atoms with Gasteiger partial charge in [-0.1, -0.05) is 0 Å². The average Bonchev–Trinajstić information content (AvgIpc) is 2.28. The van der Waals surface area contributed by atoms with Crippen LogP contribution in [0.25, 0.3) is 0 Å². The highest BCUT2D eigenvalue weighted by molar-refractivity contribution is 7.92. The zero-order valence-corrected chi connectivity index (χ0v) is 12.6. The molecule has 0 saturated carbocycles. The number of benzene rings is 1. The molecule has 0 saturated heterocycles. The molecule has 0 heterocycles. The molecule has 1 aromatic carbocycles. The van der Waals surface area contributed by atoms with Crippen molar-refractivity contribution in [1.82, 2.24) is 5.32 Å². The number of hydrogen-bond donors (Lipinski definition) is 2. The quantitative estimate of drug-likeness (QED) is 0.832. The molecule has 1 rings (SSSR count). The summed E-state index contributed by atoms with van der Waals surface area (Å²) in [5, 5.41) is 2.42. The maximum absolute atomic E-state index is 13.5. The van der Waals surface area contributed by atoms with E-state index >= 15 is 0 Å². The molecule has 1 N–H and O–H groups in total. The van der Waals surface area contributed by atoms with Crippen LogP contribution in [0.4, 0.5) is 4.39 Å². The molecule has 0 bridgehead atoms. The zero-order chi connectivity index (χ0) is 14.8. The van der Waals surface area contributed by atoms with Crippen molar-refractivity contribution in [2.75, 3.05) is 12.8 Å². The molecule has 0 fully saturated rings. The van der Waals surface area contributed by atoms with E-state index in [2.05, 4.69) is 17.9 Å². The molecule has 0 aliphatic carbocycles. The van der Waals surface area contributed by atoms with Crippen LogP contribution >= 0.6 is 12.6 Å². The molecule has 0 aliphatic heterocycles. The highest BCUT2D eigenvalue weighted by Crippen LogP contribution is 2.16. The Morgan fingerprint density at radius 2 is 2.00 bits per heavy atom. The molecular weight excluding hydrogens is 289 g/mol. The number of halogens is 1. The number of thiol groups is 1. The predicted octanol–water partition coefficient (Wildman–Crippen LogP) is 1.67. The first-order chi connectivity index (χ1) is 8.54. The summed E-state index contributed by atoms with van der Waals surface area (Å²) in [5.74, 6) is -1.34. The van der Waals surface area contributed by atoms with Crippen molar-refractivity contribution >= 4 is 28.4 Å². The Balaban J connectivity index is 2.85. The number of carbonyl (C=O) groups is 1. The van der Waals surface area contributed by atoms with Crippen molar-refractivity contribution in [3.8, 4) is 0 Å². The minimum absolute atomic E-state index is 0.0963. The van der Waals surface area contributed by atoms with E-state index in [1.807, 2.05) is 0 Å². The minimum Gasteiger partial charge on any atom is -0.350 e. The Morgan fingerprint density at radius 1 is 1.42 bits per heavy atom. The van der Waals surface area contributed by atoms with Gasteiger partial charge in [0.15, 0.2) is 9.84 Å². The Hall–Kier alpha value is -1.08. The van der Waals surface area contributed by atoms with Crippen molar-refractivity contribution in [2.24, 2.45) is 0 Å². The first kappa shape index (κ1) is 16.0. The van der Waals surface area contributed by atoms with E-state index in [0.29, 0.717) is 4.90 Å². The number of sulfone groups is 1. The van der Waals surface area contributed by atoms with Crippen LogP contribution in [0.1, 0.15) is 24.2 Å². The Labute approximate surface area is 117 Å². The van der Waals surface area contributed by atoms with Gasteiger partial charge in [0, 0.05) is 17.7 Å². The number of carbonyl (C=O) groups excluding carboxylic acids is 1. The Morgan fingerprint density at radius 3 is 2.53 bits per heavy atom. The summed E-state index contributed by atoms with van der Waals surface area (Å²) in [4.78, 5) is 12.3. The second-order valence-corrected chi connectivity index (χ2v) is 8.04. The third kappa shape index (κ3) is 3.94. The second kappa shape index (κ2) is 5.50. The molecule has 7 heteroatoms. The van der Waals surface area contributed by atoms with Gasteiger partial charge in [-0.05, 0) is 32.0 Å². The lowest BCUT2D eigenvalue weighted by Crippen LogP contribution is -2.43. The number of nitrogens with one attached hydrogen (secondary N) is 1. The molecule has 106 valence electrons. The van der Waals surface area contributed by atoms with Crippen LogP contribution in [0.5, 0.6) is 0 Å². The van der Waals surface area contributed by atoms with Crippen molar-refractivity contribution in [3.05, 3.63) is 29.6 Å². The van der Waals surface area contributed by atoms with E-state index in [-0.39, 0.29) is 12.1 Å². The molecule has 0 spiro atoms. The van der Waals surface area contributed by atoms with E-state index < -0.39 is 26.3 Å². The summed E-state index contributed by atoms with van der Waals surface area (Å²) in [6, 6.07) is 3.86. The van der Waals surface area contributed by atoms with E-state index in [1.54, 1.807) is 0 Å². The fraction of sp³-hybridized carbons (Fsp3) is 0.417. The van der Waals surface area contributed by atoms with Gasteiger partial charge in [-0.3, -0.25) is 4.79 Å². The van der Waals surface area contributed by atoms with Gasteiger partial charge in [0.05, 0.1) is 10.3 Å². The standard InChI is InChI=1S/C12H16FNO3S2/c1-12(2,19(3,16)17)7-14-11(15)9-6-8(18)4-5-10(9)13/h4-6,18H,7H2,1-3H3,(H,14,15). The number of amides is 1. The third-order valence-corrected chi connectivity index (χ3v) is 5.30. The zero-order valence-electron chi connectivity index (χ0n) is 10.9. The molecule has 1 amide bonds. The van der Waals surface area contributed by atoms with Gasteiger partial charge in [-0.2, -0.15) is 0 Å². The summed E-state index contributed by atoms with van der Waals surface area (Å²) in [5.41, 5.74) is -0.156. The van der Waals surface area contributed by atoms with Gasteiger partial charge in [-0.15, -0.1) is 12.6 Å². The van der Waals surface area contributed by atoms with E-state index in [0.717, 1.165) is 12.3 Å². The van der Waals surface area contributed by atoms with Crippen LogP contribution in [0.15, 0.2) is 23.1 Å². The molecule has 4 nitrogen and oxygen atoms in total. The van der Waals surface area contributed by atoms with Crippen LogP contribution in [0, 0.1) is 5.82 Å². The third-order valence-electron chi connectivity index (χ3n) is 2.87. The molecule has 0 atom stereocenters. The SMILES string of the molecule is CC(C)(CNC(=O)c1cc(S)ccc1F)S(C)(=O)=O. The van der Waals surface area contributed by atoms with Crippen molar-refractivity contribution in [1.29, 1.82) is 0 Å². The number of rotatable bonds is 4. The normalized spacial score (nSPS) is 12.3. The van der Waals surface area contributed by atoms with Crippen LogP contribution < -0.4 is 5.32 Å². The Bertz CT molecular complexity index is 597. The van der Waals surface area contributed by atoms with Gasteiger partial charge in [0.2, 0.25) is 0 Å². The summed E-state index contributed by atoms with van der Waals surface area (Å²) >= 11 is 4.02. The lowest BCUT2D eigenvalue weighted by atomic mass is 10.1. The summed E-state index contributed by atoms with van der Waals surface area (Å²) in [7, 11) is -3.32. The molecule has 0 unspecified atom stereocenters. The highest BCUT2D eigenvalue weighted by Gasteiger charge is 2.30. The molecule has 1 aromatic rings. The lowest BCUT2D eigenvalue weighted by Gasteiger charge is -2.22. The van der Waals surface area contributed by atoms with Crippen LogP contribution in [0.3, 0.4) is 0 Å². The van der Waals surface area contributed by atoms with E-state index in [1.165, 1.54) is 26.0 Å². The monoisotopic (exact) mass is 305 g/mol. The molecule has 0 aromatic heterocycles. The molecule has 19 heavy (non-hydrogen) atoms. The average molecular weight is 305 g/mol. The topological polar surface area (TPSA) is 63.2 Å².